The highest BCUT2D eigenvalue weighted by atomic mass is 19.1. The quantitative estimate of drug-likeness (QED) is 0.851. The summed E-state index contributed by atoms with van der Waals surface area (Å²) in [5.41, 5.74) is 2.24. The number of halogens is 1. The summed E-state index contributed by atoms with van der Waals surface area (Å²) < 4.78 is 25.2. The Hall–Kier alpha value is -2.60. The molecule has 1 unspecified atom stereocenters. The predicted octanol–water partition coefficient (Wildman–Crippen LogP) is 2.65. The molecule has 28 heavy (non-hydrogen) atoms. The number of likely N-dealkylation sites (tertiary alicyclic amines) is 1. The molecular formula is C22H26FN2O3+. The molecule has 2 heterocycles. The van der Waals surface area contributed by atoms with Gasteiger partial charge in [0, 0.05) is 30.5 Å². The largest absolute Gasteiger partial charge is 0.490 e. The first-order valence-electron chi connectivity index (χ1n) is 9.90. The highest BCUT2D eigenvalue weighted by Gasteiger charge is 2.32. The molecular weight excluding hydrogens is 359 g/mol. The van der Waals surface area contributed by atoms with Gasteiger partial charge in [0.15, 0.2) is 18.0 Å². The average Bonchev–Trinajstić information content (AvgIpc) is 3.00. The maximum atomic E-state index is 13.7. The van der Waals surface area contributed by atoms with E-state index < -0.39 is 0 Å². The molecule has 0 aromatic heterocycles. The van der Waals surface area contributed by atoms with Crippen molar-refractivity contribution in [2.24, 2.45) is 0 Å². The Morgan fingerprint density at radius 2 is 1.96 bits per heavy atom. The van der Waals surface area contributed by atoms with Crippen molar-refractivity contribution >= 4 is 11.6 Å². The van der Waals surface area contributed by atoms with Crippen molar-refractivity contribution in [3.05, 3.63) is 53.3 Å². The molecule has 2 atom stereocenters. The van der Waals surface area contributed by atoms with Crippen LogP contribution in [0, 0.1) is 12.7 Å². The summed E-state index contributed by atoms with van der Waals surface area (Å²) in [4.78, 5) is 13.7. The number of anilines is 1. The molecule has 0 aliphatic carbocycles. The molecule has 1 fully saturated rings. The highest BCUT2D eigenvalue weighted by Crippen LogP contribution is 2.33. The first kappa shape index (κ1) is 18.7. The van der Waals surface area contributed by atoms with Crippen LogP contribution in [-0.2, 0) is 4.79 Å². The Labute approximate surface area is 164 Å². The molecule has 2 aromatic rings. The third-order valence-electron chi connectivity index (χ3n) is 5.50. The van der Waals surface area contributed by atoms with Crippen LogP contribution in [0.15, 0.2) is 36.4 Å². The molecule has 2 N–H and O–H groups in total. The fraction of sp³-hybridized carbons (Fsp3) is 0.409. The summed E-state index contributed by atoms with van der Waals surface area (Å²) in [7, 11) is 0. The van der Waals surface area contributed by atoms with Gasteiger partial charge in [-0.15, -0.1) is 0 Å². The van der Waals surface area contributed by atoms with Gasteiger partial charge in [0.25, 0.3) is 5.91 Å². The van der Waals surface area contributed by atoms with Crippen LogP contribution in [0.5, 0.6) is 11.5 Å². The third-order valence-corrected chi connectivity index (χ3v) is 5.50. The van der Waals surface area contributed by atoms with Gasteiger partial charge in [0.2, 0.25) is 0 Å². The molecule has 6 heteroatoms. The molecule has 1 amide bonds. The van der Waals surface area contributed by atoms with Crippen LogP contribution in [0.1, 0.15) is 36.4 Å². The number of fused-ring (bicyclic) bond motifs is 1. The lowest BCUT2D eigenvalue weighted by atomic mass is 10.0. The van der Waals surface area contributed by atoms with Crippen molar-refractivity contribution < 1.29 is 23.6 Å². The molecule has 148 valence electrons. The minimum atomic E-state index is -0.309. The second kappa shape index (κ2) is 8.19. The molecule has 2 aromatic carbocycles. The standard InChI is InChI=1S/C22H25FN2O3/c1-15-5-7-17(13-18(15)23)24-22(26)14-25-9-2-4-19(25)16-6-8-20-21(12-16)28-11-3-10-27-20/h5-8,12-13,19H,2-4,9-11,14H2,1H3,(H,24,26)/p+1/t19-/m1/s1. The number of quaternary nitrogens is 1. The van der Waals surface area contributed by atoms with Crippen LogP contribution in [-0.4, -0.2) is 32.2 Å². The lowest BCUT2D eigenvalue weighted by molar-refractivity contribution is -0.910. The molecule has 2 aliphatic rings. The molecule has 0 radical (unpaired) electrons. The van der Waals surface area contributed by atoms with E-state index in [2.05, 4.69) is 17.4 Å². The van der Waals surface area contributed by atoms with Gasteiger partial charge in [0.1, 0.15) is 11.9 Å². The van der Waals surface area contributed by atoms with Crippen molar-refractivity contribution in [3.63, 3.8) is 0 Å². The zero-order valence-electron chi connectivity index (χ0n) is 16.1. The number of aryl methyl sites for hydroxylation is 1. The first-order chi connectivity index (χ1) is 13.6. The number of amides is 1. The third kappa shape index (κ3) is 4.12. The normalized spacial score (nSPS) is 21.2. The summed E-state index contributed by atoms with van der Waals surface area (Å²) >= 11 is 0. The Bertz CT molecular complexity index is 871. The van der Waals surface area contributed by atoms with Crippen LogP contribution in [0.25, 0.3) is 0 Å². The summed E-state index contributed by atoms with van der Waals surface area (Å²) in [6.45, 7) is 4.33. The van der Waals surface area contributed by atoms with Gasteiger partial charge in [-0.2, -0.15) is 0 Å². The second-order valence-electron chi connectivity index (χ2n) is 7.55. The number of hydrogen-bond acceptors (Lipinski definition) is 3. The highest BCUT2D eigenvalue weighted by molar-refractivity contribution is 5.91. The van der Waals surface area contributed by atoms with Crippen LogP contribution >= 0.6 is 0 Å². The molecule has 0 saturated carbocycles. The predicted molar refractivity (Wildman–Crippen MR) is 104 cm³/mol. The maximum absolute atomic E-state index is 13.7. The fourth-order valence-electron chi connectivity index (χ4n) is 4.00. The molecule has 4 rings (SSSR count). The zero-order valence-corrected chi connectivity index (χ0v) is 16.1. The van der Waals surface area contributed by atoms with E-state index in [0.717, 1.165) is 37.3 Å². The number of rotatable bonds is 4. The number of carbonyl (C=O) groups is 1. The van der Waals surface area contributed by atoms with Crippen LogP contribution in [0.3, 0.4) is 0 Å². The van der Waals surface area contributed by atoms with Gasteiger partial charge in [0.05, 0.1) is 19.8 Å². The van der Waals surface area contributed by atoms with E-state index in [1.54, 1.807) is 19.1 Å². The fourth-order valence-corrected chi connectivity index (χ4v) is 4.00. The number of ether oxygens (including phenoxy) is 2. The van der Waals surface area contributed by atoms with Gasteiger partial charge in [-0.25, -0.2) is 4.39 Å². The van der Waals surface area contributed by atoms with Gasteiger partial charge in [-0.1, -0.05) is 6.07 Å². The number of benzene rings is 2. The molecule has 1 saturated heterocycles. The molecule has 0 bridgehead atoms. The average molecular weight is 385 g/mol. The minimum absolute atomic E-state index is 0.0977. The van der Waals surface area contributed by atoms with Gasteiger partial charge < -0.3 is 19.7 Å². The lowest BCUT2D eigenvalue weighted by Crippen LogP contribution is -3.11. The van der Waals surface area contributed by atoms with Gasteiger partial charge in [-0.05, 0) is 42.8 Å². The van der Waals surface area contributed by atoms with Crippen molar-refractivity contribution in [1.29, 1.82) is 0 Å². The Kier molecular flexibility index (Phi) is 5.48. The van der Waals surface area contributed by atoms with E-state index in [-0.39, 0.29) is 17.8 Å². The second-order valence-corrected chi connectivity index (χ2v) is 7.55. The monoisotopic (exact) mass is 385 g/mol. The van der Waals surface area contributed by atoms with Crippen LogP contribution in [0.4, 0.5) is 10.1 Å². The van der Waals surface area contributed by atoms with Crippen molar-refractivity contribution in [2.75, 3.05) is 31.6 Å². The van der Waals surface area contributed by atoms with E-state index in [0.29, 0.717) is 31.0 Å². The van der Waals surface area contributed by atoms with E-state index >= 15 is 0 Å². The minimum Gasteiger partial charge on any atom is -0.490 e. The zero-order chi connectivity index (χ0) is 19.5. The summed E-state index contributed by atoms with van der Waals surface area (Å²) in [5.74, 6) is 1.18. The maximum Gasteiger partial charge on any atom is 0.279 e. The van der Waals surface area contributed by atoms with E-state index in [4.69, 9.17) is 9.47 Å². The van der Waals surface area contributed by atoms with E-state index in [1.807, 2.05) is 6.07 Å². The van der Waals surface area contributed by atoms with E-state index in [1.165, 1.54) is 16.5 Å². The Balaban J connectivity index is 1.44. The van der Waals surface area contributed by atoms with Crippen molar-refractivity contribution in [1.82, 2.24) is 0 Å². The van der Waals surface area contributed by atoms with Crippen molar-refractivity contribution in [3.8, 4) is 11.5 Å². The Morgan fingerprint density at radius 1 is 1.14 bits per heavy atom. The molecule has 5 nitrogen and oxygen atoms in total. The summed E-state index contributed by atoms with van der Waals surface area (Å²) in [6.07, 6.45) is 2.98. The Morgan fingerprint density at radius 3 is 2.79 bits per heavy atom. The van der Waals surface area contributed by atoms with Crippen LogP contribution in [0.2, 0.25) is 0 Å². The topological polar surface area (TPSA) is 52.0 Å². The number of hydrogen-bond donors (Lipinski definition) is 2. The summed E-state index contributed by atoms with van der Waals surface area (Å²) in [6, 6.07) is 11.1. The molecule has 0 spiro atoms. The van der Waals surface area contributed by atoms with Crippen LogP contribution < -0.4 is 19.7 Å². The number of nitrogens with one attached hydrogen (secondary N) is 2. The SMILES string of the molecule is Cc1ccc(NC(=O)C[NH+]2CCC[C@@H]2c2ccc3c(c2)OCCCO3)cc1F. The molecule has 2 aliphatic heterocycles. The van der Waals surface area contributed by atoms with Crippen molar-refractivity contribution in [2.45, 2.75) is 32.2 Å². The lowest BCUT2D eigenvalue weighted by Gasteiger charge is -2.22. The summed E-state index contributed by atoms with van der Waals surface area (Å²) in [5, 5.41) is 2.82. The smallest absolute Gasteiger partial charge is 0.279 e. The first-order valence-corrected chi connectivity index (χ1v) is 9.90. The number of carbonyl (C=O) groups excluding carboxylic acids is 1. The van der Waals surface area contributed by atoms with Gasteiger partial charge >= 0.3 is 0 Å². The van der Waals surface area contributed by atoms with Gasteiger partial charge in [-0.3, -0.25) is 4.79 Å². The van der Waals surface area contributed by atoms with E-state index in [9.17, 15) is 9.18 Å².